The topological polar surface area (TPSA) is 109 Å². The summed E-state index contributed by atoms with van der Waals surface area (Å²) in [6.07, 6.45) is 4.97. The van der Waals surface area contributed by atoms with Gasteiger partial charge in [-0.1, -0.05) is 13.3 Å². The van der Waals surface area contributed by atoms with Crippen LogP contribution in [-0.2, 0) is 0 Å². The molecule has 27 heavy (non-hydrogen) atoms. The lowest BCUT2D eigenvalue weighted by molar-refractivity contribution is -0.0562. The number of aliphatic hydroxyl groups is 1. The van der Waals surface area contributed by atoms with Crippen LogP contribution in [0.5, 0.6) is 5.75 Å². The number of benzene rings is 1. The molecular formula is C20H31BrN2O4. The molecule has 0 amide bonds. The maximum Gasteiger partial charge on any atom is 0.119 e. The van der Waals surface area contributed by atoms with E-state index in [9.17, 15) is 5.11 Å². The summed E-state index contributed by atoms with van der Waals surface area (Å²) >= 11 is 0. The second kappa shape index (κ2) is 9.80. The minimum atomic E-state index is -0.469. The lowest BCUT2D eigenvalue weighted by Gasteiger charge is -2.51. The van der Waals surface area contributed by atoms with Crippen molar-refractivity contribution in [2.24, 2.45) is 11.8 Å². The third kappa shape index (κ3) is 4.27. The monoisotopic (exact) mass is 442 g/mol. The smallest absolute Gasteiger partial charge is 0.119 e. The molecule has 1 aromatic carbocycles. The number of hydrogen-bond acceptors (Lipinski definition) is 4. The van der Waals surface area contributed by atoms with Gasteiger partial charge in [0, 0.05) is 24.2 Å². The van der Waals surface area contributed by atoms with E-state index in [-0.39, 0.29) is 34.0 Å². The zero-order valence-electron chi connectivity index (χ0n) is 15.9. The second-order valence-electron chi connectivity index (χ2n) is 7.24. The summed E-state index contributed by atoms with van der Waals surface area (Å²) < 4.78 is 5.36. The molecule has 4 heterocycles. The first-order valence-corrected chi connectivity index (χ1v) is 9.06. The van der Waals surface area contributed by atoms with Crippen LogP contribution in [0.25, 0.3) is 10.9 Å². The highest BCUT2D eigenvalue weighted by Crippen LogP contribution is 2.42. The number of halogens is 1. The van der Waals surface area contributed by atoms with Crippen LogP contribution in [0.4, 0.5) is 0 Å². The summed E-state index contributed by atoms with van der Waals surface area (Å²) in [5, 5.41) is 12.2. The van der Waals surface area contributed by atoms with E-state index in [1.54, 1.807) is 13.3 Å². The number of rotatable bonds is 4. The maximum absolute atomic E-state index is 11.2. The molecule has 7 heteroatoms. The van der Waals surface area contributed by atoms with Gasteiger partial charge in [0.25, 0.3) is 0 Å². The maximum atomic E-state index is 11.2. The molecule has 5 N–H and O–H groups in total. The van der Waals surface area contributed by atoms with Crippen LogP contribution in [0, 0.1) is 11.8 Å². The molecule has 3 aliphatic heterocycles. The van der Waals surface area contributed by atoms with Gasteiger partial charge in [0.1, 0.15) is 5.75 Å². The molecule has 5 atom stereocenters. The molecule has 0 aliphatic carbocycles. The molecule has 0 saturated carbocycles. The fraction of sp³-hybridized carbons (Fsp3) is 0.550. The van der Waals surface area contributed by atoms with E-state index in [1.807, 2.05) is 24.3 Å². The molecule has 5 rings (SSSR count). The predicted molar refractivity (Wildman–Crippen MR) is 113 cm³/mol. The molecule has 3 aliphatic rings. The van der Waals surface area contributed by atoms with E-state index in [1.165, 1.54) is 12.8 Å². The Morgan fingerprint density at radius 2 is 2.07 bits per heavy atom. The Morgan fingerprint density at radius 3 is 2.70 bits per heavy atom. The summed E-state index contributed by atoms with van der Waals surface area (Å²) in [6, 6.07) is 8.07. The van der Waals surface area contributed by atoms with Crippen LogP contribution in [0.3, 0.4) is 0 Å². The third-order valence-corrected chi connectivity index (χ3v) is 6.13. The molecule has 0 radical (unpaired) electrons. The van der Waals surface area contributed by atoms with Gasteiger partial charge in [-0.3, -0.25) is 9.88 Å². The van der Waals surface area contributed by atoms with Gasteiger partial charge in [-0.25, -0.2) is 0 Å². The Bertz CT molecular complexity index is 745. The number of nitrogens with zero attached hydrogens (tertiary/aromatic N) is 2. The Morgan fingerprint density at radius 1 is 1.30 bits per heavy atom. The van der Waals surface area contributed by atoms with Crippen molar-refractivity contribution in [3.05, 3.63) is 36.0 Å². The van der Waals surface area contributed by atoms with E-state index in [2.05, 4.69) is 16.8 Å². The summed E-state index contributed by atoms with van der Waals surface area (Å²) in [6.45, 7) is 4.55. The van der Waals surface area contributed by atoms with Gasteiger partial charge < -0.3 is 20.8 Å². The highest BCUT2D eigenvalue weighted by Gasteiger charge is 2.42. The van der Waals surface area contributed by atoms with E-state index in [4.69, 9.17) is 4.74 Å². The first kappa shape index (κ1) is 23.8. The highest BCUT2D eigenvalue weighted by atomic mass is 79.9. The zero-order valence-corrected chi connectivity index (χ0v) is 17.6. The largest absolute Gasteiger partial charge is 0.497 e. The van der Waals surface area contributed by atoms with Crippen molar-refractivity contribution < 1.29 is 20.8 Å². The highest BCUT2D eigenvalue weighted by molar-refractivity contribution is 8.93. The quantitative estimate of drug-likeness (QED) is 0.782. The van der Waals surface area contributed by atoms with Crippen molar-refractivity contribution in [2.45, 2.75) is 38.3 Å². The lowest BCUT2D eigenvalue weighted by atomic mass is 9.72. The second-order valence-corrected chi connectivity index (χ2v) is 7.24. The summed E-state index contributed by atoms with van der Waals surface area (Å²) in [5.74, 6) is 2.37. The molecule has 3 fully saturated rings. The van der Waals surface area contributed by atoms with Crippen molar-refractivity contribution in [1.29, 1.82) is 0 Å². The van der Waals surface area contributed by atoms with Gasteiger partial charge in [-0.2, -0.15) is 0 Å². The van der Waals surface area contributed by atoms with Crippen molar-refractivity contribution >= 4 is 27.9 Å². The number of aromatic nitrogens is 1. The van der Waals surface area contributed by atoms with Crippen molar-refractivity contribution in [2.75, 3.05) is 20.2 Å². The van der Waals surface area contributed by atoms with Crippen molar-refractivity contribution in [3.8, 4) is 5.75 Å². The van der Waals surface area contributed by atoms with Crippen LogP contribution >= 0.6 is 17.0 Å². The normalized spacial score (nSPS) is 27.1. The summed E-state index contributed by atoms with van der Waals surface area (Å²) in [7, 11) is 1.67. The zero-order chi connectivity index (χ0) is 16.7. The summed E-state index contributed by atoms with van der Waals surface area (Å²) in [4.78, 5) is 6.94. The average molecular weight is 443 g/mol. The predicted octanol–water partition coefficient (Wildman–Crippen LogP) is 2.33. The lowest BCUT2D eigenvalue weighted by Crippen LogP contribution is -2.55. The molecule has 152 valence electrons. The number of methoxy groups -OCH3 is 1. The first-order chi connectivity index (χ1) is 11.7. The van der Waals surface area contributed by atoms with E-state index in [0.717, 1.165) is 53.6 Å². The number of pyridine rings is 1. The molecular weight excluding hydrogens is 412 g/mol. The van der Waals surface area contributed by atoms with Crippen LogP contribution < -0.4 is 4.74 Å². The first-order valence-electron chi connectivity index (χ1n) is 9.06. The minimum Gasteiger partial charge on any atom is -0.497 e. The molecule has 2 aromatic rings. The van der Waals surface area contributed by atoms with Gasteiger partial charge >= 0.3 is 0 Å². The van der Waals surface area contributed by atoms with Crippen LogP contribution in [-0.4, -0.2) is 52.2 Å². The third-order valence-electron chi connectivity index (χ3n) is 6.13. The fourth-order valence-corrected chi connectivity index (χ4v) is 4.71. The Hall–Kier alpha value is -1.25. The van der Waals surface area contributed by atoms with E-state index < -0.39 is 6.10 Å². The average Bonchev–Trinajstić information content (AvgIpc) is 2.66. The van der Waals surface area contributed by atoms with Crippen molar-refractivity contribution in [3.63, 3.8) is 0 Å². The number of aliphatic hydroxyl groups excluding tert-OH is 1. The molecule has 2 unspecified atom stereocenters. The number of fused-ring (bicyclic) bond motifs is 4. The van der Waals surface area contributed by atoms with Gasteiger partial charge in [-0.05, 0) is 61.1 Å². The fourth-order valence-electron chi connectivity index (χ4n) is 4.71. The van der Waals surface area contributed by atoms with Crippen LogP contribution in [0.2, 0.25) is 0 Å². The SMILES string of the molecule is Br.CC[C@@H]1CN2CCC1C[C@H]2[C@H](O)c1ccnc2ccc(OC)cc12.O.O. The molecule has 1 aromatic heterocycles. The minimum absolute atomic E-state index is 0. The van der Waals surface area contributed by atoms with E-state index >= 15 is 0 Å². The molecule has 0 spiro atoms. The number of piperidine rings is 3. The van der Waals surface area contributed by atoms with Gasteiger partial charge in [0.05, 0.1) is 18.7 Å². The Kier molecular flexibility index (Phi) is 8.63. The van der Waals surface area contributed by atoms with Gasteiger partial charge in [0.2, 0.25) is 0 Å². The Balaban J connectivity index is 0.00000121. The standard InChI is InChI=1S/C20H26N2O2.BrH.2H2O/c1-3-13-12-22-9-7-14(13)10-19(22)20(23)16-6-8-21-18-5-4-15(24-2)11-17(16)18;;;/h4-6,8,11,13-14,19-20,23H,3,7,9-10,12H2,1-2H3;1H;2*1H2/t13-,14?,19+,20-;;;/m1.../s1. The van der Waals surface area contributed by atoms with E-state index in [0.29, 0.717) is 0 Å². The molecule has 6 nitrogen and oxygen atoms in total. The Labute approximate surface area is 170 Å². The molecule has 2 bridgehead atoms. The number of hydrogen-bond donors (Lipinski definition) is 1. The van der Waals surface area contributed by atoms with Crippen LogP contribution in [0.15, 0.2) is 30.5 Å². The molecule has 3 saturated heterocycles. The van der Waals surface area contributed by atoms with Gasteiger partial charge in [-0.15, -0.1) is 17.0 Å². The van der Waals surface area contributed by atoms with Crippen LogP contribution in [0.1, 0.15) is 37.9 Å². The van der Waals surface area contributed by atoms with Crippen molar-refractivity contribution in [1.82, 2.24) is 9.88 Å². The number of ether oxygens (including phenoxy) is 1. The van der Waals surface area contributed by atoms with Gasteiger partial charge in [0.15, 0.2) is 0 Å². The summed E-state index contributed by atoms with van der Waals surface area (Å²) in [5.41, 5.74) is 1.89.